The normalized spacial score (nSPS) is 22.6. The predicted molar refractivity (Wildman–Crippen MR) is 54.7 cm³/mol. The lowest BCUT2D eigenvalue weighted by Crippen LogP contribution is -2.22. The van der Waals surface area contributed by atoms with Crippen LogP contribution in [-0.4, -0.2) is 36.6 Å². The minimum absolute atomic E-state index is 0. The van der Waals surface area contributed by atoms with Crippen molar-refractivity contribution in [3.05, 3.63) is 12.7 Å². The van der Waals surface area contributed by atoms with E-state index in [9.17, 15) is 0 Å². The van der Waals surface area contributed by atoms with E-state index in [1.165, 1.54) is 19.5 Å². The van der Waals surface area contributed by atoms with Gasteiger partial charge in [-0.05, 0) is 25.4 Å². The molecule has 4 N–H and O–H groups in total. The molecule has 4 heteroatoms. The van der Waals surface area contributed by atoms with Crippen molar-refractivity contribution in [1.29, 1.82) is 0 Å². The van der Waals surface area contributed by atoms with Crippen molar-refractivity contribution in [2.75, 3.05) is 26.2 Å². The molecule has 0 radical (unpaired) electrons. The number of hydrogen-bond donors (Lipinski definition) is 1. The lowest BCUT2D eigenvalue weighted by atomic mass is 10.1. The molecule has 1 rings (SSSR count). The van der Waals surface area contributed by atoms with Crippen LogP contribution in [0.15, 0.2) is 12.7 Å². The second-order valence-electron chi connectivity index (χ2n) is 2.94. The number of hydrogen-bond acceptors (Lipinski definition) is 2. The molecule has 1 atom stereocenters. The van der Waals surface area contributed by atoms with Crippen LogP contribution in [-0.2, 0) is 0 Å². The van der Waals surface area contributed by atoms with Crippen LogP contribution in [0.4, 0.5) is 0 Å². The maximum Gasteiger partial charge on any atom is 0.0160 e. The highest BCUT2D eigenvalue weighted by Crippen LogP contribution is 2.13. The second-order valence-corrected chi connectivity index (χ2v) is 2.94. The highest BCUT2D eigenvalue weighted by atomic mass is 35.5. The summed E-state index contributed by atoms with van der Waals surface area (Å²) in [5.41, 5.74) is 5.54. The molecular weight excluding hydrogens is 176 g/mol. The average molecular weight is 195 g/mol. The van der Waals surface area contributed by atoms with Gasteiger partial charge >= 0.3 is 0 Å². The zero-order valence-electron chi connectivity index (χ0n) is 7.33. The zero-order valence-corrected chi connectivity index (χ0v) is 8.15. The first-order chi connectivity index (χ1) is 4.86. The van der Waals surface area contributed by atoms with Crippen LogP contribution < -0.4 is 5.73 Å². The van der Waals surface area contributed by atoms with Crippen molar-refractivity contribution in [3.8, 4) is 0 Å². The summed E-state index contributed by atoms with van der Waals surface area (Å²) in [6.07, 6.45) is 3.23. The van der Waals surface area contributed by atoms with Gasteiger partial charge in [0, 0.05) is 13.1 Å². The van der Waals surface area contributed by atoms with Gasteiger partial charge < -0.3 is 11.2 Å². The number of nitrogens with two attached hydrogens (primary N) is 1. The Hall–Kier alpha value is -0.0900. The van der Waals surface area contributed by atoms with E-state index in [0.717, 1.165) is 19.0 Å². The van der Waals surface area contributed by atoms with Crippen molar-refractivity contribution < 1.29 is 5.48 Å². The lowest BCUT2D eigenvalue weighted by Gasteiger charge is -2.11. The Morgan fingerprint density at radius 1 is 1.58 bits per heavy atom. The standard InChI is InChI=1S/C8H16N2.ClH.H2O/c1-2-4-10-5-3-8(6-9)7-10;;/h2,8H,1,3-7,9H2;1H;1H2. The summed E-state index contributed by atoms with van der Waals surface area (Å²) in [5, 5.41) is 0. The maximum absolute atomic E-state index is 5.54. The van der Waals surface area contributed by atoms with Crippen LogP contribution in [0, 0.1) is 5.92 Å². The fraction of sp³-hybridized carbons (Fsp3) is 0.750. The first kappa shape index (κ1) is 14.4. The molecule has 0 spiro atoms. The predicted octanol–water partition coefficient (Wildman–Crippen LogP) is 0.0501. The summed E-state index contributed by atoms with van der Waals surface area (Å²) >= 11 is 0. The lowest BCUT2D eigenvalue weighted by molar-refractivity contribution is 0.360. The monoisotopic (exact) mass is 194 g/mol. The van der Waals surface area contributed by atoms with Gasteiger partial charge in [-0.1, -0.05) is 6.08 Å². The topological polar surface area (TPSA) is 60.8 Å². The number of halogens is 1. The van der Waals surface area contributed by atoms with E-state index in [4.69, 9.17) is 5.73 Å². The van der Waals surface area contributed by atoms with Gasteiger partial charge in [0.15, 0.2) is 0 Å². The van der Waals surface area contributed by atoms with Crippen LogP contribution >= 0.6 is 12.4 Å². The molecule has 3 nitrogen and oxygen atoms in total. The number of nitrogens with zero attached hydrogens (tertiary/aromatic N) is 1. The van der Waals surface area contributed by atoms with Crippen molar-refractivity contribution >= 4 is 12.4 Å². The number of likely N-dealkylation sites (tertiary alicyclic amines) is 1. The molecule has 0 aromatic carbocycles. The fourth-order valence-electron chi connectivity index (χ4n) is 1.45. The quantitative estimate of drug-likeness (QED) is 0.646. The van der Waals surface area contributed by atoms with Gasteiger partial charge in [-0.3, -0.25) is 4.90 Å². The highest BCUT2D eigenvalue weighted by Gasteiger charge is 2.19. The molecule has 0 aromatic heterocycles. The fourth-order valence-corrected chi connectivity index (χ4v) is 1.45. The Labute approximate surface area is 80.3 Å². The Balaban J connectivity index is 0. The molecule has 74 valence electrons. The zero-order chi connectivity index (χ0) is 7.40. The van der Waals surface area contributed by atoms with E-state index >= 15 is 0 Å². The van der Waals surface area contributed by atoms with E-state index < -0.39 is 0 Å². The third-order valence-corrected chi connectivity index (χ3v) is 2.09. The van der Waals surface area contributed by atoms with Crippen LogP contribution in [0.5, 0.6) is 0 Å². The number of rotatable bonds is 3. The van der Waals surface area contributed by atoms with E-state index in [0.29, 0.717) is 0 Å². The van der Waals surface area contributed by atoms with E-state index in [2.05, 4.69) is 11.5 Å². The van der Waals surface area contributed by atoms with Gasteiger partial charge in [-0.25, -0.2) is 0 Å². The molecule has 1 aliphatic heterocycles. The molecule has 0 bridgehead atoms. The third-order valence-electron chi connectivity index (χ3n) is 2.09. The Bertz CT molecular complexity index is 122. The van der Waals surface area contributed by atoms with Gasteiger partial charge in [0.2, 0.25) is 0 Å². The maximum atomic E-state index is 5.54. The Morgan fingerprint density at radius 3 is 2.67 bits per heavy atom. The van der Waals surface area contributed by atoms with Crippen LogP contribution in [0.3, 0.4) is 0 Å². The Morgan fingerprint density at radius 2 is 2.25 bits per heavy atom. The first-order valence-electron chi connectivity index (χ1n) is 3.90. The van der Waals surface area contributed by atoms with Crippen LogP contribution in [0.2, 0.25) is 0 Å². The molecular formula is C8H19ClN2O. The molecule has 12 heavy (non-hydrogen) atoms. The van der Waals surface area contributed by atoms with Crippen molar-refractivity contribution in [1.82, 2.24) is 4.90 Å². The van der Waals surface area contributed by atoms with Crippen LogP contribution in [0.1, 0.15) is 6.42 Å². The summed E-state index contributed by atoms with van der Waals surface area (Å²) in [5.74, 6) is 0.736. The van der Waals surface area contributed by atoms with Gasteiger partial charge in [0.1, 0.15) is 0 Å². The highest BCUT2D eigenvalue weighted by molar-refractivity contribution is 5.85. The molecule has 0 saturated carbocycles. The summed E-state index contributed by atoms with van der Waals surface area (Å²) in [6, 6.07) is 0. The van der Waals surface area contributed by atoms with E-state index in [1.807, 2.05) is 6.08 Å². The molecule has 1 saturated heterocycles. The molecule has 0 amide bonds. The largest absolute Gasteiger partial charge is 0.412 e. The Kier molecular flexibility index (Phi) is 9.09. The third kappa shape index (κ3) is 4.07. The molecule has 1 heterocycles. The SMILES string of the molecule is C=CCN1CCC(CN)C1.Cl.O. The summed E-state index contributed by atoms with van der Waals surface area (Å²) in [4.78, 5) is 2.39. The molecule has 0 aliphatic carbocycles. The van der Waals surface area contributed by atoms with Gasteiger partial charge in [0.05, 0.1) is 0 Å². The van der Waals surface area contributed by atoms with E-state index in [1.54, 1.807) is 0 Å². The van der Waals surface area contributed by atoms with Crippen LogP contribution in [0.25, 0.3) is 0 Å². The van der Waals surface area contributed by atoms with Gasteiger partial charge in [-0.15, -0.1) is 19.0 Å². The molecule has 1 fully saturated rings. The summed E-state index contributed by atoms with van der Waals surface area (Å²) in [6.45, 7) is 7.94. The molecule has 1 aliphatic rings. The molecule has 0 aromatic rings. The summed E-state index contributed by atoms with van der Waals surface area (Å²) < 4.78 is 0. The first-order valence-corrected chi connectivity index (χ1v) is 3.90. The second kappa shape index (κ2) is 7.55. The van der Waals surface area contributed by atoms with Gasteiger partial charge in [-0.2, -0.15) is 0 Å². The smallest absolute Gasteiger partial charge is 0.0160 e. The van der Waals surface area contributed by atoms with Crippen molar-refractivity contribution in [3.63, 3.8) is 0 Å². The van der Waals surface area contributed by atoms with Gasteiger partial charge in [0.25, 0.3) is 0 Å². The average Bonchev–Trinajstić information content (AvgIpc) is 2.37. The minimum atomic E-state index is 0. The van der Waals surface area contributed by atoms with Crippen molar-refractivity contribution in [2.24, 2.45) is 11.7 Å². The summed E-state index contributed by atoms with van der Waals surface area (Å²) in [7, 11) is 0. The van der Waals surface area contributed by atoms with E-state index in [-0.39, 0.29) is 17.9 Å². The minimum Gasteiger partial charge on any atom is -0.412 e. The van der Waals surface area contributed by atoms with Crippen molar-refractivity contribution in [2.45, 2.75) is 6.42 Å². The molecule has 1 unspecified atom stereocenters.